The summed E-state index contributed by atoms with van der Waals surface area (Å²) in [6.45, 7) is 5.04. The minimum Gasteiger partial charge on any atom is -0.369 e. The van der Waals surface area contributed by atoms with Crippen LogP contribution in [0.1, 0.15) is 5.69 Å². The smallest absolute Gasteiger partial charge is 0.123 e. The van der Waals surface area contributed by atoms with Crippen molar-refractivity contribution < 1.29 is 4.39 Å². The summed E-state index contributed by atoms with van der Waals surface area (Å²) in [5.41, 5.74) is 2.37. The van der Waals surface area contributed by atoms with Gasteiger partial charge in [0.25, 0.3) is 0 Å². The maximum Gasteiger partial charge on any atom is 0.123 e. The van der Waals surface area contributed by atoms with E-state index in [-0.39, 0.29) is 5.82 Å². The number of nitrogens with one attached hydrogen (secondary N) is 1. The van der Waals surface area contributed by atoms with Crippen LogP contribution in [-0.2, 0) is 6.54 Å². The Morgan fingerprint density at radius 3 is 2.37 bits per heavy atom. The molecule has 2 heterocycles. The molecule has 0 aliphatic carbocycles. The van der Waals surface area contributed by atoms with Crippen molar-refractivity contribution in [3.63, 3.8) is 0 Å². The zero-order chi connectivity index (χ0) is 13.1. The van der Waals surface area contributed by atoms with Crippen LogP contribution in [0.5, 0.6) is 0 Å². The Kier molecular flexibility index (Phi) is 3.51. The fourth-order valence-corrected chi connectivity index (χ4v) is 2.52. The molecule has 100 valence electrons. The average molecular weight is 259 g/mol. The van der Waals surface area contributed by atoms with Crippen molar-refractivity contribution in [3.8, 4) is 0 Å². The van der Waals surface area contributed by atoms with Gasteiger partial charge in [-0.1, -0.05) is 0 Å². The topological polar surface area (TPSA) is 22.3 Å². The van der Waals surface area contributed by atoms with E-state index in [0.29, 0.717) is 0 Å². The quantitative estimate of drug-likeness (QED) is 0.915. The number of aromatic amines is 1. The summed E-state index contributed by atoms with van der Waals surface area (Å²) in [5.74, 6) is -0.172. The summed E-state index contributed by atoms with van der Waals surface area (Å²) in [5, 5.41) is 0. The Morgan fingerprint density at radius 1 is 1.00 bits per heavy atom. The molecule has 19 heavy (non-hydrogen) atoms. The normalized spacial score (nSPS) is 16.8. The molecule has 1 saturated heterocycles. The Balaban J connectivity index is 1.56. The molecule has 1 fully saturated rings. The number of benzene rings is 1. The van der Waals surface area contributed by atoms with E-state index < -0.39 is 0 Å². The summed E-state index contributed by atoms with van der Waals surface area (Å²) >= 11 is 0. The number of nitrogens with zero attached hydrogens (tertiary/aromatic N) is 2. The molecular formula is C15H18FN3. The molecule has 1 aliphatic rings. The lowest BCUT2D eigenvalue weighted by molar-refractivity contribution is 0.247. The number of piperazine rings is 1. The van der Waals surface area contributed by atoms with Crippen molar-refractivity contribution in [2.75, 3.05) is 31.1 Å². The molecule has 0 unspecified atom stereocenters. The molecule has 0 amide bonds. The highest BCUT2D eigenvalue weighted by Gasteiger charge is 2.17. The molecule has 0 saturated carbocycles. The predicted octanol–water partition coefficient (Wildman–Crippen LogP) is 2.48. The van der Waals surface area contributed by atoms with Crippen LogP contribution in [0.4, 0.5) is 10.1 Å². The predicted molar refractivity (Wildman–Crippen MR) is 74.7 cm³/mol. The summed E-state index contributed by atoms with van der Waals surface area (Å²) in [7, 11) is 0. The molecule has 4 heteroatoms. The number of halogens is 1. The first-order chi connectivity index (χ1) is 9.31. The highest BCUT2D eigenvalue weighted by Crippen LogP contribution is 2.17. The van der Waals surface area contributed by atoms with Gasteiger partial charge in [0.15, 0.2) is 0 Å². The van der Waals surface area contributed by atoms with Gasteiger partial charge in [0.1, 0.15) is 5.82 Å². The van der Waals surface area contributed by atoms with E-state index in [9.17, 15) is 4.39 Å². The molecule has 2 aromatic rings. The van der Waals surface area contributed by atoms with Gasteiger partial charge in [-0.3, -0.25) is 4.90 Å². The van der Waals surface area contributed by atoms with Crippen molar-refractivity contribution >= 4 is 5.69 Å². The first-order valence-corrected chi connectivity index (χ1v) is 6.66. The Morgan fingerprint density at radius 2 is 1.74 bits per heavy atom. The number of hydrogen-bond donors (Lipinski definition) is 1. The molecule has 0 atom stereocenters. The van der Waals surface area contributed by atoms with Crippen molar-refractivity contribution in [3.05, 3.63) is 54.1 Å². The van der Waals surface area contributed by atoms with Crippen LogP contribution in [0.25, 0.3) is 0 Å². The van der Waals surface area contributed by atoms with Crippen LogP contribution >= 0.6 is 0 Å². The second kappa shape index (κ2) is 5.45. The first-order valence-electron chi connectivity index (χ1n) is 6.66. The molecule has 1 N–H and O–H groups in total. The lowest BCUT2D eigenvalue weighted by atomic mass is 10.2. The monoisotopic (exact) mass is 259 g/mol. The molecule has 1 aromatic carbocycles. The lowest BCUT2D eigenvalue weighted by Crippen LogP contribution is -2.46. The summed E-state index contributed by atoms with van der Waals surface area (Å²) in [6, 6.07) is 10.9. The van der Waals surface area contributed by atoms with Crippen LogP contribution < -0.4 is 4.90 Å². The van der Waals surface area contributed by atoms with Gasteiger partial charge in [0.05, 0.1) is 0 Å². The van der Waals surface area contributed by atoms with Crippen LogP contribution in [0.2, 0.25) is 0 Å². The molecule has 0 spiro atoms. The molecular weight excluding hydrogens is 241 g/mol. The fraction of sp³-hybridized carbons (Fsp3) is 0.333. The molecule has 3 rings (SSSR count). The highest BCUT2D eigenvalue weighted by molar-refractivity contribution is 5.46. The van der Waals surface area contributed by atoms with E-state index in [1.54, 1.807) is 0 Å². The summed E-state index contributed by atoms with van der Waals surface area (Å²) in [6.07, 6.45) is 1.96. The maximum atomic E-state index is 12.9. The second-order valence-electron chi connectivity index (χ2n) is 4.93. The van der Waals surface area contributed by atoms with Crippen molar-refractivity contribution in [1.82, 2.24) is 9.88 Å². The van der Waals surface area contributed by atoms with Crippen molar-refractivity contribution in [2.45, 2.75) is 6.54 Å². The van der Waals surface area contributed by atoms with Crippen molar-refractivity contribution in [1.29, 1.82) is 0 Å². The molecule has 1 aliphatic heterocycles. The molecule has 0 radical (unpaired) electrons. The molecule has 1 aromatic heterocycles. The van der Waals surface area contributed by atoms with E-state index in [2.05, 4.69) is 20.9 Å². The number of rotatable bonds is 3. The largest absolute Gasteiger partial charge is 0.369 e. The zero-order valence-corrected chi connectivity index (χ0v) is 10.8. The minimum atomic E-state index is -0.172. The van der Waals surface area contributed by atoms with Gasteiger partial charge in [-0.05, 0) is 36.4 Å². The van der Waals surface area contributed by atoms with Crippen LogP contribution in [0.15, 0.2) is 42.6 Å². The highest BCUT2D eigenvalue weighted by atomic mass is 19.1. The second-order valence-corrected chi connectivity index (χ2v) is 4.93. The fourth-order valence-electron chi connectivity index (χ4n) is 2.52. The van der Waals surface area contributed by atoms with Gasteiger partial charge in [0, 0.05) is 50.3 Å². The van der Waals surface area contributed by atoms with E-state index >= 15 is 0 Å². The third-order valence-corrected chi connectivity index (χ3v) is 3.62. The Labute approximate surface area is 112 Å². The van der Waals surface area contributed by atoms with E-state index in [1.165, 1.54) is 17.8 Å². The third kappa shape index (κ3) is 2.96. The lowest BCUT2D eigenvalue weighted by Gasteiger charge is -2.35. The minimum absolute atomic E-state index is 0.172. The Hall–Kier alpha value is -1.81. The van der Waals surface area contributed by atoms with Gasteiger partial charge in [-0.2, -0.15) is 0 Å². The Bertz CT molecular complexity index is 499. The van der Waals surface area contributed by atoms with Crippen molar-refractivity contribution in [2.24, 2.45) is 0 Å². The molecule has 3 nitrogen and oxygen atoms in total. The van der Waals surface area contributed by atoms with E-state index in [4.69, 9.17) is 0 Å². The van der Waals surface area contributed by atoms with Gasteiger partial charge < -0.3 is 9.88 Å². The van der Waals surface area contributed by atoms with Gasteiger partial charge in [0.2, 0.25) is 0 Å². The van der Waals surface area contributed by atoms with Crippen LogP contribution in [0, 0.1) is 5.82 Å². The number of H-pyrrole nitrogens is 1. The number of anilines is 1. The van der Waals surface area contributed by atoms with Crippen LogP contribution in [0.3, 0.4) is 0 Å². The first kappa shape index (κ1) is 12.2. The average Bonchev–Trinajstić information content (AvgIpc) is 2.94. The SMILES string of the molecule is Fc1ccc(N2CCN(Cc3ccc[nH]3)CC2)cc1. The summed E-state index contributed by atoms with van der Waals surface area (Å²) in [4.78, 5) is 7.98. The number of aromatic nitrogens is 1. The van der Waals surface area contributed by atoms with E-state index in [1.807, 2.05) is 24.4 Å². The summed E-state index contributed by atoms with van der Waals surface area (Å²) < 4.78 is 12.9. The maximum absolute atomic E-state index is 12.9. The van der Waals surface area contributed by atoms with Gasteiger partial charge >= 0.3 is 0 Å². The zero-order valence-electron chi connectivity index (χ0n) is 10.8. The van der Waals surface area contributed by atoms with Gasteiger partial charge in [-0.15, -0.1) is 0 Å². The standard InChI is InChI=1S/C15H18FN3/c16-13-3-5-15(6-4-13)19-10-8-18(9-11-19)12-14-2-1-7-17-14/h1-7,17H,8-12H2. The van der Waals surface area contributed by atoms with Gasteiger partial charge in [-0.25, -0.2) is 4.39 Å². The molecule has 0 bridgehead atoms. The third-order valence-electron chi connectivity index (χ3n) is 3.62. The van der Waals surface area contributed by atoms with Crippen LogP contribution in [-0.4, -0.2) is 36.1 Å². The number of hydrogen-bond acceptors (Lipinski definition) is 2. The van der Waals surface area contributed by atoms with E-state index in [0.717, 1.165) is 38.4 Å².